The lowest BCUT2D eigenvalue weighted by atomic mass is 10.1. The third-order valence-corrected chi connectivity index (χ3v) is 4.15. The molecule has 1 heterocycles. The Balaban J connectivity index is 1.69. The van der Waals surface area contributed by atoms with E-state index in [-0.39, 0.29) is 11.6 Å². The van der Waals surface area contributed by atoms with Gasteiger partial charge in [0.1, 0.15) is 0 Å². The fraction of sp³-hybridized carbons (Fsp3) is 0.136. The highest BCUT2D eigenvalue weighted by Gasteiger charge is 2.21. The molecular formula is C22H20N2O4. The molecule has 0 spiro atoms. The molecular weight excluding hydrogens is 356 g/mol. The summed E-state index contributed by atoms with van der Waals surface area (Å²) in [5, 5.41) is 11.6. The van der Waals surface area contributed by atoms with Gasteiger partial charge in [0.05, 0.1) is 0 Å². The number of hydrogen-bond acceptors (Lipinski definition) is 4. The number of carbonyl (C=O) groups excluding carboxylic acids is 2. The van der Waals surface area contributed by atoms with Gasteiger partial charge in [-0.15, -0.1) is 0 Å². The number of esters is 1. The van der Waals surface area contributed by atoms with Crippen LogP contribution in [0, 0.1) is 5.21 Å². The number of nitrogens with zero attached hydrogens (tertiary/aromatic N) is 2. The molecule has 0 saturated carbocycles. The van der Waals surface area contributed by atoms with Gasteiger partial charge in [-0.3, -0.25) is 4.79 Å². The molecule has 0 saturated heterocycles. The minimum atomic E-state index is -0.830. The fourth-order valence-corrected chi connectivity index (χ4v) is 2.72. The van der Waals surface area contributed by atoms with E-state index >= 15 is 0 Å². The van der Waals surface area contributed by atoms with E-state index in [9.17, 15) is 14.8 Å². The molecule has 6 heteroatoms. The van der Waals surface area contributed by atoms with E-state index in [0.29, 0.717) is 17.8 Å². The van der Waals surface area contributed by atoms with Crippen molar-refractivity contribution in [3.63, 3.8) is 0 Å². The lowest BCUT2D eigenvalue weighted by molar-refractivity contribution is -0.608. The number of ether oxygens (including phenoxy) is 1. The van der Waals surface area contributed by atoms with Gasteiger partial charge in [0.2, 0.25) is 0 Å². The second kappa shape index (κ2) is 9.32. The predicted molar refractivity (Wildman–Crippen MR) is 103 cm³/mol. The first kappa shape index (κ1) is 19.1. The van der Waals surface area contributed by atoms with Gasteiger partial charge in [-0.2, -0.15) is 4.73 Å². The molecule has 0 fully saturated rings. The Morgan fingerprint density at radius 3 is 1.89 bits per heavy atom. The Morgan fingerprint density at radius 2 is 1.36 bits per heavy atom. The molecule has 1 amide bonds. The van der Waals surface area contributed by atoms with Crippen molar-refractivity contribution in [3.05, 3.63) is 107 Å². The van der Waals surface area contributed by atoms with Crippen molar-refractivity contribution in [3.8, 4) is 0 Å². The number of benzene rings is 2. The molecule has 3 aromatic rings. The van der Waals surface area contributed by atoms with Gasteiger partial charge in [-0.05, 0) is 17.2 Å². The second-order valence-corrected chi connectivity index (χ2v) is 6.21. The fourth-order valence-electron chi connectivity index (χ4n) is 2.72. The van der Waals surface area contributed by atoms with Crippen LogP contribution in [0.1, 0.15) is 21.6 Å². The number of amides is 1. The quantitative estimate of drug-likeness (QED) is 0.361. The predicted octanol–water partition coefficient (Wildman–Crippen LogP) is 2.71. The van der Waals surface area contributed by atoms with Crippen LogP contribution in [0.25, 0.3) is 0 Å². The normalized spacial score (nSPS) is 10.3. The molecule has 142 valence electrons. The standard InChI is InChI=1S/C22H20N2O4/c25-21(17-28-22(26)20-13-7-8-14-24(20)27)23(15-18-9-3-1-4-10-18)16-19-11-5-2-6-12-19/h1-14H,15-17H2. The highest BCUT2D eigenvalue weighted by molar-refractivity contribution is 5.88. The molecule has 0 aliphatic heterocycles. The van der Waals surface area contributed by atoms with Gasteiger partial charge in [0, 0.05) is 25.2 Å². The summed E-state index contributed by atoms with van der Waals surface area (Å²) in [4.78, 5) is 26.5. The van der Waals surface area contributed by atoms with Crippen molar-refractivity contribution >= 4 is 11.9 Å². The van der Waals surface area contributed by atoms with E-state index in [1.165, 1.54) is 18.3 Å². The molecule has 0 aliphatic carbocycles. The van der Waals surface area contributed by atoms with Gasteiger partial charge in [0.25, 0.3) is 5.91 Å². The molecule has 28 heavy (non-hydrogen) atoms. The number of rotatable bonds is 7. The van der Waals surface area contributed by atoms with E-state index in [0.717, 1.165) is 11.1 Å². The maximum atomic E-state index is 12.7. The molecule has 0 bridgehead atoms. The molecule has 0 unspecified atom stereocenters. The highest BCUT2D eigenvalue weighted by atomic mass is 16.5. The SMILES string of the molecule is O=C(OCC(=O)N(Cc1ccccc1)Cc1ccccc1)c1cccc[n+]1[O-]. The summed E-state index contributed by atoms with van der Waals surface area (Å²) in [6.07, 6.45) is 1.20. The first-order valence-electron chi connectivity index (χ1n) is 8.84. The summed E-state index contributed by atoms with van der Waals surface area (Å²) in [6, 6.07) is 23.6. The van der Waals surface area contributed by atoms with Crippen LogP contribution in [0.2, 0.25) is 0 Å². The van der Waals surface area contributed by atoms with Crippen LogP contribution < -0.4 is 4.73 Å². The average Bonchev–Trinajstić information content (AvgIpc) is 2.73. The van der Waals surface area contributed by atoms with Gasteiger partial charge >= 0.3 is 11.7 Å². The number of pyridine rings is 1. The van der Waals surface area contributed by atoms with Crippen LogP contribution in [-0.2, 0) is 22.6 Å². The Kier molecular flexibility index (Phi) is 6.36. The van der Waals surface area contributed by atoms with Gasteiger partial charge in [0.15, 0.2) is 12.8 Å². The molecule has 2 aromatic carbocycles. The number of aromatic nitrogens is 1. The van der Waals surface area contributed by atoms with Crippen molar-refractivity contribution in [2.24, 2.45) is 0 Å². The van der Waals surface area contributed by atoms with Crippen molar-refractivity contribution in [2.45, 2.75) is 13.1 Å². The number of carbonyl (C=O) groups is 2. The Hall–Kier alpha value is -3.67. The van der Waals surface area contributed by atoms with Crippen LogP contribution >= 0.6 is 0 Å². The minimum absolute atomic E-state index is 0.159. The van der Waals surface area contributed by atoms with Crippen molar-refractivity contribution in [1.29, 1.82) is 0 Å². The smallest absolute Gasteiger partial charge is 0.405 e. The first-order valence-corrected chi connectivity index (χ1v) is 8.84. The first-order chi connectivity index (χ1) is 13.6. The molecule has 0 aliphatic rings. The molecule has 0 radical (unpaired) electrons. The summed E-state index contributed by atoms with van der Waals surface area (Å²) in [6.45, 7) is 0.339. The van der Waals surface area contributed by atoms with Crippen LogP contribution in [0.5, 0.6) is 0 Å². The van der Waals surface area contributed by atoms with Gasteiger partial charge in [-0.25, -0.2) is 4.79 Å². The van der Waals surface area contributed by atoms with Gasteiger partial charge in [-0.1, -0.05) is 60.7 Å². The van der Waals surface area contributed by atoms with Crippen LogP contribution in [-0.4, -0.2) is 23.4 Å². The van der Waals surface area contributed by atoms with Crippen LogP contribution in [0.4, 0.5) is 0 Å². The number of hydrogen-bond donors (Lipinski definition) is 0. The zero-order valence-electron chi connectivity index (χ0n) is 15.2. The van der Waals surface area contributed by atoms with Crippen molar-refractivity contribution in [1.82, 2.24) is 4.90 Å². The minimum Gasteiger partial charge on any atom is -0.618 e. The highest BCUT2D eigenvalue weighted by Crippen LogP contribution is 2.11. The van der Waals surface area contributed by atoms with Gasteiger partial charge < -0.3 is 14.8 Å². The van der Waals surface area contributed by atoms with E-state index < -0.39 is 12.6 Å². The summed E-state index contributed by atoms with van der Waals surface area (Å²) in [5.41, 5.74) is 1.78. The molecule has 0 N–H and O–H groups in total. The maximum Gasteiger partial charge on any atom is 0.405 e. The van der Waals surface area contributed by atoms with E-state index in [1.54, 1.807) is 11.0 Å². The monoisotopic (exact) mass is 376 g/mol. The van der Waals surface area contributed by atoms with Crippen molar-refractivity contribution in [2.75, 3.05) is 6.61 Å². The summed E-state index contributed by atoms with van der Waals surface area (Å²) in [7, 11) is 0. The second-order valence-electron chi connectivity index (χ2n) is 6.21. The molecule has 3 rings (SSSR count). The molecule has 6 nitrogen and oxygen atoms in total. The zero-order chi connectivity index (χ0) is 19.8. The largest absolute Gasteiger partial charge is 0.618 e. The summed E-state index contributed by atoms with van der Waals surface area (Å²) >= 11 is 0. The summed E-state index contributed by atoms with van der Waals surface area (Å²) in [5.74, 6) is -1.17. The lowest BCUT2D eigenvalue weighted by Gasteiger charge is -2.23. The van der Waals surface area contributed by atoms with Crippen LogP contribution in [0.15, 0.2) is 85.1 Å². The third kappa shape index (κ3) is 5.17. The zero-order valence-corrected chi connectivity index (χ0v) is 15.2. The van der Waals surface area contributed by atoms with E-state index in [2.05, 4.69) is 0 Å². The third-order valence-electron chi connectivity index (χ3n) is 4.15. The molecule has 1 aromatic heterocycles. The summed E-state index contributed by atoms with van der Waals surface area (Å²) < 4.78 is 5.49. The Labute approximate surface area is 163 Å². The maximum absolute atomic E-state index is 12.7. The lowest BCUT2D eigenvalue weighted by Crippen LogP contribution is -2.37. The Bertz CT molecular complexity index is 888. The molecule has 0 atom stereocenters. The van der Waals surface area contributed by atoms with E-state index in [4.69, 9.17) is 4.74 Å². The topological polar surface area (TPSA) is 73.6 Å². The van der Waals surface area contributed by atoms with Crippen molar-refractivity contribution < 1.29 is 19.1 Å². The average molecular weight is 376 g/mol. The van der Waals surface area contributed by atoms with E-state index in [1.807, 2.05) is 60.7 Å². The Morgan fingerprint density at radius 1 is 0.821 bits per heavy atom. The van der Waals surface area contributed by atoms with Crippen LogP contribution in [0.3, 0.4) is 0 Å².